The molecule has 1 heterocycles. The number of methoxy groups -OCH3 is 1. The molecule has 1 aliphatic rings. The number of benzene rings is 1. The Morgan fingerprint density at radius 2 is 2.35 bits per heavy atom. The zero-order chi connectivity index (χ0) is 12.1. The van der Waals surface area contributed by atoms with Gasteiger partial charge in [-0.15, -0.1) is 0 Å². The predicted octanol–water partition coefficient (Wildman–Crippen LogP) is 2.16. The maximum Gasteiger partial charge on any atom is 0.158 e. The van der Waals surface area contributed by atoms with Gasteiger partial charge in [-0.3, -0.25) is 4.79 Å². The highest BCUT2D eigenvalue weighted by Crippen LogP contribution is 2.26. The summed E-state index contributed by atoms with van der Waals surface area (Å²) in [5.41, 5.74) is 2.59. The van der Waals surface area contributed by atoms with Crippen LogP contribution in [0.2, 0.25) is 0 Å². The van der Waals surface area contributed by atoms with Crippen LogP contribution in [0.25, 0.3) is 0 Å². The zero-order valence-electron chi connectivity index (χ0n) is 10.2. The Morgan fingerprint density at radius 1 is 1.47 bits per heavy atom. The van der Waals surface area contributed by atoms with Gasteiger partial charge < -0.3 is 9.47 Å². The first-order valence-corrected chi connectivity index (χ1v) is 6.05. The minimum atomic E-state index is 0.178. The van der Waals surface area contributed by atoms with Crippen LogP contribution in [-0.2, 0) is 22.4 Å². The standard InChI is InChI=1S/C14H18O3/c1-16-10-13(15)4-2-3-11-5-6-14-12(9-11)7-8-17-14/h5-6,9H,2-4,7-8,10H2,1H3. The molecule has 2 rings (SSSR count). The molecule has 0 fully saturated rings. The Kier molecular flexibility index (Phi) is 4.15. The van der Waals surface area contributed by atoms with E-state index in [1.807, 2.05) is 6.07 Å². The molecule has 92 valence electrons. The number of fused-ring (bicyclic) bond motifs is 1. The molecule has 3 nitrogen and oxygen atoms in total. The quantitative estimate of drug-likeness (QED) is 0.756. The number of carbonyl (C=O) groups excluding carboxylic acids is 1. The van der Waals surface area contributed by atoms with Crippen LogP contribution in [0, 0.1) is 0 Å². The van der Waals surface area contributed by atoms with Gasteiger partial charge in [0.15, 0.2) is 5.78 Å². The van der Waals surface area contributed by atoms with E-state index in [9.17, 15) is 4.79 Å². The van der Waals surface area contributed by atoms with Gasteiger partial charge in [-0.05, 0) is 30.0 Å². The molecule has 1 aliphatic heterocycles. The number of ketones is 1. The Morgan fingerprint density at radius 3 is 3.18 bits per heavy atom. The second-order valence-corrected chi connectivity index (χ2v) is 4.37. The van der Waals surface area contributed by atoms with Crippen LogP contribution in [0.5, 0.6) is 5.75 Å². The summed E-state index contributed by atoms with van der Waals surface area (Å²) in [6.45, 7) is 1.03. The molecule has 0 N–H and O–H groups in total. The van der Waals surface area contributed by atoms with Gasteiger partial charge in [0.05, 0.1) is 6.61 Å². The van der Waals surface area contributed by atoms with E-state index in [-0.39, 0.29) is 12.4 Å². The summed E-state index contributed by atoms with van der Waals surface area (Å²) in [7, 11) is 1.55. The highest BCUT2D eigenvalue weighted by molar-refractivity contribution is 5.79. The van der Waals surface area contributed by atoms with Crippen molar-refractivity contribution in [2.24, 2.45) is 0 Å². The summed E-state index contributed by atoms with van der Waals surface area (Å²) in [5.74, 6) is 1.20. The second-order valence-electron chi connectivity index (χ2n) is 4.37. The lowest BCUT2D eigenvalue weighted by molar-refractivity contribution is -0.122. The van der Waals surface area contributed by atoms with E-state index in [0.717, 1.165) is 31.6 Å². The van der Waals surface area contributed by atoms with Crippen LogP contribution in [-0.4, -0.2) is 26.1 Å². The molecule has 1 aromatic rings. The van der Waals surface area contributed by atoms with Gasteiger partial charge in [-0.1, -0.05) is 12.1 Å². The van der Waals surface area contributed by atoms with Crippen molar-refractivity contribution in [3.05, 3.63) is 29.3 Å². The molecule has 0 bridgehead atoms. The van der Waals surface area contributed by atoms with E-state index in [0.29, 0.717) is 6.42 Å². The SMILES string of the molecule is COCC(=O)CCCc1ccc2c(c1)CCO2. The Labute approximate surface area is 102 Å². The topological polar surface area (TPSA) is 35.5 Å². The highest BCUT2D eigenvalue weighted by atomic mass is 16.5. The normalized spacial score (nSPS) is 13.2. The summed E-state index contributed by atoms with van der Waals surface area (Å²) in [5, 5.41) is 0. The minimum absolute atomic E-state index is 0.178. The van der Waals surface area contributed by atoms with E-state index in [1.165, 1.54) is 11.1 Å². The fourth-order valence-electron chi connectivity index (χ4n) is 2.12. The van der Waals surface area contributed by atoms with Gasteiger partial charge in [-0.2, -0.15) is 0 Å². The molecular formula is C14H18O3. The van der Waals surface area contributed by atoms with Crippen LogP contribution in [0.3, 0.4) is 0 Å². The fourth-order valence-corrected chi connectivity index (χ4v) is 2.12. The van der Waals surface area contributed by atoms with Gasteiger partial charge in [0.1, 0.15) is 12.4 Å². The molecule has 1 aromatic carbocycles. The maximum atomic E-state index is 11.3. The number of Topliss-reactive ketones (excluding diaryl/α,β-unsaturated/α-hetero) is 1. The first kappa shape index (κ1) is 12.1. The first-order valence-electron chi connectivity index (χ1n) is 6.05. The second kappa shape index (κ2) is 5.82. The van der Waals surface area contributed by atoms with E-state index < -0.39 is 0 Å². The van der Waals surface area contributed by atoms with Gasteiger partial charge in [0.25, 0.3) is 0 Å². The average Bonchev–Trinajstić information content (AvgIpc) is 2.76. The molecule has 0 saturated carbocycles. The smallest absolute Gasteiger partial charge is 0.158 e. The molecule has 0 amide bonds. The monoisotopic (exact) mass is 234 g/mol. The van der Waals surface area contributed by atoms with Crippen molar-refractivity contribution < 1.29 is 14.3 Å². The van der Waals surface area contributed by atoms with E-state index >= 15 is 0 Å². The van der Waals surface area contributed by atoms with Crippen LogP contribution >= 0.6 is 0 Å². The van der Waals surface area contributed by atoms with Crippen molar-refractivity contribution >= 4 is 5.78 Å². The molecule has 3 heteroatoms. The summed E-state index contributed by atoms with van der Waals surface area (Å²) in [4.78, 5) is 11.3. The van der Waals surface area contributed by atoms with Crippen LogP contribution < -0.4 is 4.74 Å². The number of hydrogen-bond donors (Lipinski definition) is 0. The van der Waals surface area contributed by atoms with E-state index in [4.69, 9.17) is 9.47 Å². The van der Waals surface area contributed by atoms with Crippen molar-refractivity contribution in [2.75, 3.05) is 20.3 Å². The Hall–Kier alpha value is -1.35. The summed E-state index contributed by atoms with van der Waals surface area (Å²) in [6.07, 6.45) is 3.44. The number of carbonyl (C=O) groups is 1. The molecule has 0 spiro atoms. The summed E-state index contributed by atoms with van der Waals surface area (Å²) < 4.78 is 10.3. The lowest BCUT2D eigenvalue weighted by Gasteiger charge is -2.04. The molecule has 0 atom stereocenters. The Bertz CT molecular complexity index is 398. The van der Waals surface area contributed by atoms with Gasteiger partial charge in [-0.25, -0.2) is 0 Å². The number of ether oxygens (including phenoxy) is 2. The van der Waals surface area contributed by atoms with Crippen molar-refractivity contribution in [1.29, 1.82) is 0 Å². The highest BCUT2D eigenvalue weighted by Gasteiger charge is 2.11. The van der Waals surface area contributed by atoms with Gasteiger partial charge in [0.2, 0.25) is 0 Å². The van der Waals surface area contributed by atoms with Crippen molar-refractivity contribution in [3.63, 3.8) is 0 Å². The molecule has 17 heavy (non-hydrogen) atoms. The third-order valence-electron chi connectivity index (χ3n) is 2.98. The van der Waals surface area contributed by atoms with E-state index in [1.54, 1.807) is 7.11 Å². The average molecular weight is 234 g/mol. The summed E-state index contributed by atoms with van der Waals surface area (Å²) >= 11 is 0. The lowest BCUT2D eigenvalue weighted by atomic mass is 10.0. The van der Waals surface area contributed by atoms with Crippen LogP contribution in [0.4, 0.5) is 0 Å². The largest absolute Gasteiger partial charge is 0.493 e. The van der Waals surface area contributed by atoms with Gasteiger partial charge >= 0.3 is 0 Å². The molecule has 0 aromatic heterocycles. The molecule has 0 aliphatic carbocycles. The van der Waals surface area contributed by atoms with Crippen molar-refractivity contribution in [3.8, 4) is 5.75 Å². The van der Waals surface area contributed by atoms with Gasteiger partial charge in [0, 0.05) is 20.0 Å². The maximum absolute atomic E-state index is 11.3. The zero-order valence-corrected chi connectivity index (χ0v) is 10.2. The molecule has 0 unspecified atom stereocenters. The van der Waals surface area contributed by atoms with Crippen molar-refractivity contribution in [1.82, 2.24) is 0 Å². The molecule has 0 radical (unpaired) electrons. The minimum Gasteiger partial charge on any atom is -0.493 e. The van der Waals surface area contributed by atoms with Crippen molar-refractivity contribution in [2.45, 2.75) is 25.7 Å². The summed E-state index contributed by atoms with van der Waals surface area (Å²) in [6, 6.07) is 6.32. The molecule has 0 saturated heterocycles. The van der Waals surface area contributed by atoms with E-state index in [2.05, 4.69) is 12.1 Å². The predicted molar refractivity (Wildman–Crippen MR) is 65.5 cm³/mol. The van der Waals surface area contributed by atoms with Crippen LogP contribution in [0.1, 0.15) is 24.0 Å². The lowest BCUT2D eigenvalue weighted by Crippen LogP contribution is -2.06. The molecular weight excluding hydrogens is 216 g/mol. The fraction of sp³-hybridized carbons (Fsp3) is 0.500. The number of aryl methyl sites for hydroxylation is 1. The van der Waals surface area contributed by atoms with Crippen LogP contribution in [0.15, 0.2) is 18.2 Å². The Balaban J connectivity index is 1.81. The first-order chi connectivity index (χ1) is 8.29. The number of rotatable bonds is 6. The number of hydrogen-bond acceptors (Lipinski definition) is 3. The third kappa shape index (κ3) is 3.30. The third-order valence-corrected chi connectivity index (χ3v) is 2.98.